The maximum Gasteiger partial charge on any atom is 0.418 e. The fourth-order valence-electron chi connectivity index (χ4n) is 5.18. The number of amides is 2. The van der Waals surface area contributed by atoms with Gasteiger partial charge in [0.05, 0.1) is 12.1 Å². The van der Waals surface area contributed by atoms with Crippen molar-refractivity contribution < 1.29 is 22.0 Å². The number of hydrogen-bond acceptors (Lipinski definition) is 8. The quantitative estimate of drug-likeness (QED) is 0.699. The average Bonchev–Trinajstić information content (AvgIpc) is 3.09. The lowest BCUT2D eigenvalue weighted by Crippen LogP contribution is -2.52. The highest BCUT2D eigenvalue weighted by Gasteiger charge is 2.53. The predicted molar refractivity (Wildman–Crippen MR) is 93.9 cm³/mol. The summed E-state index contributed by atoms with van der Waals surface area (Å²) in [7, 11) is -4.73. The third kappa shape index (κ3) is 2.94. The first-order valence-corrected chi connectivity index (χ1v) is 11.3. The third-order valence-corrected chi connectivity index (χ3v) is 7.87. The molecule has 1 aromatic heterocycles. The van der Waals surface area contributed by atoms with Crippen molar-refractivity contribution >= 4 is 27.8 Å². The van der Waals surface area contributed by atoms with E-state index < -0.39 is 22.5 Å². The third-order valence-electron chi connectivity index (χ3n) is 6.34. The summed E-state index contributed by atoms with van der Waals surface area (Å²) in [5.41, 5.74) is 6.34. The number of nitrogens with zero attached hydrogens (tertiary/aromatic N) is 4. The Hall–Kier alpha value is -1.34. The molecular formula is C15H21N5O5S2. The van der Waals surface area contributed by atoms with Crippen LogP contribution in [-0.4, -0.2) is 57.8 Å². The monoisotopic (exact) mass is 415 g/mol. The number of piperidine rings is 1. The summed E-state index contributed by atoms with van der Waals surface area (Å²) < 4.78 is 35.3. The van der Waals surface area contributed by atoms with Gasteiger partial charge in [0, 0.05) is 18.5 Å². The molecule has 4 aliphatic rings. The predicted octanol–water partition coefficient (Wildman–Crippen LogP) is 1.20. The van der Waals surface area contributed by atoms with Gasteiger partial charge in [-0.2, -0.15) is 13.5 Å². The average molecular weight is 415 g/mol. The molecule has 2 saturated carbocycles. The zero-order valence-corrected chi connectivity index (χ0v) is 16.2. The van der Waals surface area contributed by atoms with E-state index in [1.165, 1.54) is 11.3 Å². The molecule has 10 nitrogen and oxygen atoms in total. The van der Waals surface area contributed by atoms with Crippen molar-refractivity contribution in [2.75, 3.05) is 6.54 Å². The largest absolute Gasteiger partial charge is 0.418 e. The van der Waals surface area contributed by atoms with Crippen molar-refractivity contribution in [1.29, 1.82) is 0 Å². The summed E-state index contributed by atoms with van der Waals surface area (Å²) in [5.74, 6) is 0.425. The normalized spacial score (nSPS) is 38.2. The number of fused-ring (bicyclic) bond motifs is 2. The van der Waals surface area contributed by atoms with Gasteiger partial charge in [-0.1, -0.05) is 11.3 Å². The summed E-state index contributed by atoms with van der Waals surface area (Å²) >= 11 is 1.54. The molecule has 3 heterocycles. The number of rotatable bonds is 4. The van der Waals surface area contributed by atoms with E-state index in [1.807, 2.05) is 0 Å². The number of carbonyl (C=O) groups excluding carboxylic acids is 1. The summed E-state index contributed by atoms with van der Waals surface area (Å²) in [4.78, 5) is 14.1. The van der Waals surface area contributed by atoms with Crippen LogP contribution in [0.1, 0.15) is 60.5 Å². The van der Waals surface area contributed by atoms with Crippen molar-refractivity contribution in [3.8, 4) is 0 Å². The molecule has 2 aliphatic carbocycles. The van der Waals surface area contributed by atoms with Gasteiger partial charge in [0.2, 0.25) is 0 Å². The summed E-state index contributed by atoms with van der Waals surface area (Å²) in [6, 6.07) is -0.846. The summed E-state index contributed by atoms with van der Waals surface area (Å²) in [5, 5.41) is 11.2. The van der Waals surface area contributed by atoms with E-state index in [0.29, 0.717) is 36.8 Å². The van der Waals surface area contributed by atoms with Gasteiger partial charge in [-0.25, -0.2) is 4.79 Å². The Morgan fingerprint density at radius 1 is 1.19 bits per heavy atom. The van der Waals surface area contributed by atoms with Crippen LogP contribution in [-0.2, 0) is 14.7 Å². The highest BCUT2D eigenvalue weighted by Crippen LogP contribution is 2.61. The highest BCUT2D eigenvalue weighted by atomic mass is 32.3. The lowest BCUT2D eigenvalue weighted by Gasteiger charge is -2.56. The maximum absolute atomic E-state index is 12.5. The van der Waals surface area contributed by atoms with E-state index in [9.17, 15) is 13.2 Å². The number of hydrogen-bond donors (Lipinski definition) is 2. The van der Waals surface area contributed by atoms with Crippen molar-refractivity contribution in [2.45, 2.75) is 62.6 Å². The van der Waals surface area contributed by atoms with Crippen LogP contribution in [0.4, 0.5) is 4.79 Å². The first kappa shape index (κ1) is 17.7. The molecule has 4 fully saturated rings. The molecule has 0 radical (unpaired) electrons. The van der Waals surface area contributed by atoms with Crippen LogP contribution >= 0.6 is 11.3 Å². The minimum absolute atomic E-state index is 0.235. The molecule has 5 rings (SSSR count). The van der Waals surface area contributed by atoms with E-state index in [2.05, 4.69) is 14.5 Å². The number of hydroxylamine groups is 2. The number of carbonyl (C=O) groups is 1. The van der Waals surface area contributed by atoms with E-state index in [0.717, 1.165) is 40.8 Å². The molecule has 0 unspecified atom stereocenters. The van der Waals surface area contributed by atoms with Crippen molar-refractivity contribution in [3.05, 3.63) is 10.0 Å². The Morgan fingerprint density at radius 3 is 2.56 bits per heavy atom. The van der Waals surface area contributed by atoms with E-state index in [-0.39, 0.29) is 6.04 Å². The highest BCUT2D eigenvalue weighted by molar-refractivity contribution is 7.80. The maximum atomic E-state index is 12.5. The zero-order chi connectivity index (χ0) is 19.0. The van der Waals surface area contributed by atoms with Crippen LogP contribution in [0, 0.1) is 5.41 Å². The minimum Gasteiger partial charge on any atom is -0.328 e. The molecule has 12 heteroatoms. The molecule has 0 aromatic carbocycles. The molecule has 2 saturated heterocycles. The van der Waals surface area contributed by atoms with Crippen molar-refractivity contribution in [3.63, 3.8) is 0 Å². The SMILES string of the molecule is NC1CC2(C1)CC(c1nnc([C@@H]3CC[C@H]4CN3C(=O)N4OS(=O)(=O)O)s1)C2. The molecular weight excluding hydrogens is 394 g/mol. The van der Waals surface area contributed by atoms with Crippen LogP contribution in [0.25, 0.3) is 0 Å². The summed E-state index contributed by atoms with van der Waals surface area (Å²) in [6.07, 6.45) is 5.65. The molecule has 27 heavy (non-hydrogen) atoms. The molecule has 1 spiro atoms. The number of aromatic nitrogens is 2. The topological polar surface area (TPSA) is 139 Å². The van der Waals surface area contributed by atoms with Crippen molar-refractivity contribution in [2.24, 2.45) is 11.1 Å². The first-order valence-electron chi connectivity index (χ1n) is 9.09. The second-order valence-electron chi connectivity index (χ2n) is 8.26. The molecule has 148 valence electrons. The van der Waals surface area contributed by atoms with Crippen LogP contribution in [0.5, 0.6) is 0 Å². The van der Waals surface area contributed by atoms with Crippen LogP contribution < -0.4 is 5.73 Å². The Balaban J connectivity index is 1.28. The molecule has 2 bridgehead atoms. The summed E-state index contributed by atoms with van der Waals surface area (Å²) in [6.45, 7) is 0.346. The molecule has 3 N–H and O–H groups in total. The van der Waals surface area contributed by atoms with Crippen LogP contribution in [0.2, 0.25) is 0 Å². The van der Waals surface area contributed by atoms with Crippen LogP contribution in [0.15, 0.2) is 0 Å². The van der Waals surface area contributed by atoms with Gasteiger partial charge < -0.3 is 10.6 Å². The van der Waals surface area contributed by atoms with Crippen molar-refractivity contribution in [1.82, 2.24) is 20.2 Å². The van der Waals surface area contributed by atoms with E-state index in [1.54, 1.807) is 4.90 Å². The Morgan fingerprint density at radius 2 is 1.89 bits per heavy atom. The van der Waals surface area contributed by atoms with Gasteiger partial charge in [-0.15, -0.1) is 14.5 Å². The Labute approximate surface area is 160 Å². The number of nitrogens with two attached hydrogens (primary N) is 1. The minimum atomic E-state index is -4.73. The Bertz CT molecular complexity index is 875. The van der Waals surface area contributed by atoms with E-state index in [4.69, 9.17) is 10.3 Å². The molecule has 2 amide bonds. The molecule has 2 atom stereocenters. The smallest absolute Gasteiger partial charge is 0.328 e. The van der Waals surface area contributed by atoms with Gasteiger partial charge >= 0.3 is 16.4 Å². The molecule has 2 aliphatic heterocycles. The van der Waals surface area contributed by atoms with Gasteiger partial charge in [0.1, 0.15) is 10.0 Å². The fourth-order valence-corrected chi connectivity index (χ4v) is 6.66. The lowest BCUT2D eigenvalue weighted by atomic mass is 9.50. The Kier molecular flexibility index (Phi) is 3.83. The number of urea groups is 1. The first-order chi connectivity index (χ1) is 12.7. The molecule has 1 aromatic rings. The van der Waals surface area contributed by atoms with Gasteiger partial charge in [0.15, 0.2) is 0 Å². The second kappa shape index (κ2) is 5.83. The van der Waals surface area contributed by atoms with Gasteiger partial charge in [-0.3, -0.25) is 4.55 Å². The van der Waals surface area contributed by atoms with Crippen LogP contribution in [0.3, 0.4) is 0 Å². The van der Waals surface area contributed by atoms with E-state index >= 15 is 0 Å². The second-order valence-corrected chi connectivity index (χ2v) is 10.3. The van der Waals surface area contributed by atoms with Gasteiger partial charge in [-0.05, 0) is 43.9 Å². The fraction of sp³-hybridized carbons (Fsp3) is 0.800. The lowest BCUT2D eigenvalue weighted by molar-refractivity contribution is -0.0317. The standard InChI is InChI=1S/C15H21N5O5S2/c16-9-5-15(6-9)3-8(4-15)12-17-18-13(26-12)11-2-1-10-7-19(11)14(21)20(10)25-27(22,23)24/h8-11H,1-7,16H2,(H,22,23,24)/t8?,9?,10-,11-,15?/m0/s1. The van der Waals surface area contributed by atoms with Gasteiger partial charge in [0.25, 0.3) is 0 Å². The zero-order valence-electron chi connectivity index (χ0n) is 14.5.